The first-order valence-electron chi connectivity index (χ1n) is 4.16. The molecule has 0 radical (unpaired) electrons. The van der Waals surface area contributed by atoms with E-state index in [0.29, 0.717) is 18.7 Å². The molecule has 0 saturated carbocycles. The van der Waals surface area contributed by atoms with Gasteiger partial charge in [-0.1, -0.05) is 6.92 Å². The van der Waals surface area contributed by atoms with Crippen LogP contribution in [-0.2, 0) is 0 Å². The van der Waals surface area contributed by atoms with E-state index in [-0.39, 0.29) is 0 Å². The summed E-state index contributed by atoms with van der Waals surface area (Å²) in [5.41, 5.74) is 0. The summed E-state index contributed by atoms with van der Waals surface area (Å²) in [5.74, 6) is 0. The van der Waals surface area contributed by atoms with Crippen molar-refractivity contribution >= 4 is 0 Å². The molecule has 1 heterocycles. The second kappa shape index (κ2) is 3.35. The van der Waals surface area contributed by atoms with Crippen molar-refractivity contribution < 1.29 is 5.11 Å². The van der Waals surface area contributed by atoms with Crippen LogP contribution in [-0.4, -0.2) is 35.2 Å². The molecule has 0 aromatic heterocycles. The van der Waals surface area contributed by atoms with Crippen molar-refractivity contribution in [3.63, 3.8) is 0 Å². The lowest BCUT2D eigenvalue weighted by atomic mass is 10.0. The van der Waals surface area contributed by atoms with Gasteiger partial charge in [0.15, 0.2) is 0 Å². The third kappa shape index (κ3) is 1.32. The molecule has 1 aliphatic heterocycles. The quantitative estimate of drug-likeness (QED) is 0.633. The Morgan fingerprint density at radius 1 is 1.70 bits per heavy atom. The van der Waals surface area contributed by atoms with Gasteiger partial charge in [0.2, 0.25) is 0 Å². The van der Waals surface area contributed by atoms with E-state index in [1.165, 1.54) is 13.0 Å². The summed E-state index contributed by atoms with van der Waals surface area (Å²) in [6.45, 7) is 5.86. The van der Waals surface area contributed by atoms with Crippen LogP contribution in [0.25, 0.3) is 0 Å². The highest BCUT2D eigenvalue weighted by molar-refractivity contribution is 4.84. The van der Waals surface area contributed by atoms with Gasteiger partial charge in [-0.15, -0.1) is 0 Å². The van der Waals surface area contributed by atoms with Crippen molar-refractivity contribution in [1.29, 1.82) is 0 Å². The molecular formula is C8H17NO. The van der Waals surface area contributed by atoms with Crippen LogP contribution in [0.1, 0.15) is 26.7 Å². The van der Waals surface area contributed by atoms with Crippen molar-refractivity contribution in [2.75, 3.05) is 13.2 Å². The summed E-state index contributed by atoms with van der Waals surface area (Å²) in [5, 5.41) is 8.94. The second-order valence-electron chi connectivity index (χ2n) is 3.12. The van der Waals surface area contributed by atoms with Crippen LogP contribution in [0, 0.1) is 0 Å². The van der Waals surface area contributed by atoms with Crippen molar-refractivity contribution in [3.05, 3.63) is 0 Å². The predicted octanol–water partition coefficient (Wildman–Crippen LogP) is 0.852. The molecule has 0 amide bonds. The number of nitrogens with zero attached hydrogens (tertiary/aromatic N) is 1. The fraction of sp³-hybridized carbons (Fsp3) is 1.00. The smallest absolute Gasteiger partial charge is 0.0586 e. The van der Waals surface area contributed by atoms with E-state index in [1.807, 2.05) is 0 Å². The molecule has 1 fully saturated rings. The second-order valence-corrected chi connectivity index (χ2v) is 3.12. The SMILES string of the molecule is CC[C@H](CO)N1CCC1C. The monoisotopic (exact) mass is 143 g/mol. The third-order valence-electron chi connectivity index (χ3n) is 2.52. The number of rotatable bonds is 3. The normalized spacial score (nSPS) is 29.7. The van der Waals surface area contributed by atoms with Gasteiger partial charge in [-0.25, -0.2) is 0 Å². The summed E-state index contributed by atoms with van der Waals surface area (Å²) in [4.78, 5) is 2.38. The Balaban J connectivity index is 2.31. The predicted molar refractivity (Wildman–Crippen MR) is 41.9 cm³/mol. The Hall–Kier alpha value is -0.0800. The van der Waals surface area contributed by atoms with Crippen molar-refractivity contribution in [3.8, 4) is 0 Å². The maximum absolute atomic E-state index is 8.94. The van der Waals surface area contributed by atoms with Gasteiger partial charge < -0.3 is 5.11 Å². The lowest BCUT2D eigenvalue weighted by Crippen LogP contribution is -2.52. The Kier molecular flexibility index (Phi) is 2.69. The number of hydrogen-bond acceptors (Lipinski definition) is 2. The molecule has 2 atom stereocenters. The van der Waals surface area contributed by atoms with E-state index in [0.717, 1.165) is 6.42 Å². The molecular weight excluding hydrogens is 126 g/mol. The first kappa shape index (κ1) is 8.02. The lowest BCUT2D eigenvalue weighted by molar-refractivity contribution is 0.0209. The van der Waals surface area contributed by atoms with Crippen molar-refractivity contribution in [1.82, 2.24) is 4.90 Å². The molecule has 2 nitrogen and oxygen atoms in total. The van der Waals surface area contributed by atoms with Gasteiger partial charge in [-0.05, 0) is 19.8 Å². The number of aliphatic hydroxyl groups is 1. The van der Waals surface area contributed by atoms with Gasteiger partial charge in [-0.2, -0.15) is 0 Å². The Morgan fingerprint density at radius 2 is 2.40 bits per heavy atom. The highest BCUT2D eigenvalue weighted by Gasteiger charge is 2.28. The van der Waals surface area contributed by atoms with Gasteiger partial charge in [0, 0.05) is 18.6 Å². The maximum Gasteiger partial charge on any atom is 0.0586 e. The number of hydrogen-bond donors (Lipinski definition) is 1. The van der Waals surface area contributed by atoms with E-state index in [4.69, 9.17) is 5.11 Å². The molecule has 10 heavy (non-hydrogen) atoms. The minimum atomic E-state index is 0.320. The first-order valence-corrected chi connectivity index (χ1v) is 4.16. The molecule has 0 aromatic carbocycles. The zero-order chi connectivity index (χ0) is 7.56. The minimum absolute atomic E-state index is 0.320. The van der Waals surface area contributed by atoms with Gasteiger partial charge >= 0.3 is 0 Å². The van der Waals surface area contributed by atoms with Gasteiger partial charge in [0.1, 0.15) is 0 Å². The molecule has 0 aromatic rings. The lowest BCUT2D eigenvalue weighted by Gasteiger charge is -2.43. The van der Waals surface area contributed by atoms with Gasteiger partial charge in [-0.3, -0.25) is 4.90 Å². The molecule has 1 aliphatic rings. The van der Waals surface area contributed by atoms with Crippen molar-refractivity contribution in [2.24, 2.45) is 0 Å². The Morgan fingerprint density at radius 3 is 2.50 bits per heavy atom. The Bertz CT molecular complexity index is 98.7. The number of aliphatic hydroxyl groups excluding tert-OH is 1. The maximum atomic E-state index is 8.94. The van der Waals surface area contributed by atoms with Crippen LogP contribution in [0.15, 0.2) is 0 Å². The fourth-order valence-corrected chi connectivity index (χ4v) is 1.55. The van der Waals surface area contributed by atoms with Gasteiger partial charge in [0.25, 0.3) is 0 Å². The summed E-state index contributed by atoms with van der Waals surface area (Å²) in [6, 6.07) is 1.13. The summed E-state index contributed by atoms with van der Waals surface area (Å²) in [6.07, 6.45) is 2.37. The topological polar surface area (TPSA) is 23.5 Å². The van der Waals surface area contributed by atoms with Gasteiger partial charge in [0.05, 0.1) is 6.61 Å². The van der Waals surface area contributed by atoms with Crippen LogP contribution in [0.4, 0.5) is 0 Å². The third-order valence-corrected chi connectivity index (χ3v) is 2.52. The molecule has 1 N–H and O–H groups in total. The summed E-state index contributed by atoms with van der Waals surface area (Å²) >= 11 is 0. The van der Waals surface area contributed by atoms with Crippen LogP contribution >= 0.6 is 0 Å². The zero-order valence-corrected chi connectivity index (χ0v) is 6.88. The molecule has 2 heteroatoms. The largest absolute Gasteiger partial charge is 0.395 e. The fourth-order valence-electron chi connectivity index (χ4n) is 1.55. The zero-order valence-electron chi connectivity index (χ0n) is 6.88. The van der Waals surface area contributed by atoms with Crippen LogP contribution in [0.5, 0.6) is 0 Å². The highest BCUT2D eigenvalue weighted by Crippen LogP contribution is 2.20. The minimum Gasteiger partial charge on any atom is -0.395 e. The van der Waals surface area contributed by atoms with Crippen molar-refractivity contribution in [2.45, 2.75) is 38.8 Å². The highest BCUT2D eigenvalue weighted by atomic mass is 16.3. The van der Waals surface area contributed by atoms with E-state index in [2.05, 4.69) is 18.7 Å². The molecule has 0 spiro atoms. The molecule has 0 bridgehead atoms. The molecule has 1 unspecified atom stereocenters. The standard InChI is InChI=1S/C8H17NO/c1-3-8(6-10)9-5-4-7(9)2/h7-8,10H,3-6H2,1-2H3/t7?,8-/m1/s1. The van der Waals surface area contributed by atoms with E-state index >= 15 is 0 Å². The molecule has 1 saturated heterocycles. The van der Waals surface area contributed by atoms with E-state index in [9.17, 15) is 0 Å². The average Bonchev–Trinajstić information content (AvgIpc) is 1.96. The first-order chi connectivity index (χ1) is 4.79. The van der Waals surface area contributed by atoms with Crippen LogP contribution < -0.4 is 0 Å². The summed E-state index contributed by atoms with van der Waals surface area (Å²) in [7, 11) is 0. The van der Waals surface area contributed by atoms with E-state index in [1.54, 1.807) is 0 Å². The molecule has 0 aliphatic carbocycles. The van der Waals surface area contributed by atoms with Crippen LogP contribution in [0.3, 0.4) is 0 Å². The Labute approximate surface area is 62.8 Å². The van der Waals surface area contributed by atoms with E-state index < -0.39 is 0 Å². The van der Waals surface area contributed by atoms with Crippen LogP contribution in [0.2, 0.25) is 0 Å². The number of likely N-dealkylation sites (tertiary alicyclic amines) is 1. The average molecular weight is 143 g/mol. The molecule has 1 rings (SSSR count). The molecule has 60 valence electrons. The summed E-state index contributed by atoms with van der Waals surface area (Å²) < 4.78 is 0.